The molecule has 0 aliphatic carbocycles. The molecule has 0 rings (SSSR count). The number of carbonyl (C=O) groups excluding carboxylic acids is 1. The van der Waals surface area contributed by atoms with Crippen LogP contribution in [0, 0.1) is 0 Å². The predicted octanol–water partition coefficient (Wildman–Crippen LogP) is 0.339. The van der Waals surface area contributed by atoms with E-state index in [1.54, 1.807) is 7.11 Å². The zero-order chi connectivity index (χ0) is 7.82. The average Bonchev–Trinajstić information content (AvgIpc) is 1.87. The van der Waals surface area contributed by atoms with E-state index in [-0.39, 0.29) is 0 Å². The highest BCUT2D eigenvalue weighted by molar-refractivity contribution is 7.97. The highest BCUT2D eigenvalue weighted by atomic mass is 32.2. The van der Waals surface area contributed by atoms with Gasteiger partial charge in [0.1, 0.15) is 0 Å². The third-order valence-electron chi connectivity index (χ3n) is 0.768. The predicted molar refractivity (Wildman–Crippen MR) is 41.7 cm³/mol. The maximum absolute atomic E-state index is 10.1. The Labute approximate surface area is 64.6 Å². The molecular weight excluding hydrogens is 152 g/mol. The molecule has 60 valence electrons. The zero-order valence-electron chi connectivity index (χ0n) is 5.92. The van der Waals surface area contributed by atoms with Gasteiger partial charge in [-0.2, -0.15) is 0 Å². The van der Waals surface area contributed by atoms with E-state index in [2.05, 4.69) is 4.72 Å². The number of amides is 2. The molecular formula is C5H12N2O2S. The molecule has 0 saturated heterocycles. The molecule has 3 N–H and O–H groups in total. The van der Waals surface area contributed by atoms with Crippen molar-refractivity contribution in [2.75, 3.05) is 19.5 Å². The van der Waals surface area contributed by atoms with Crippen LogP contribution in [0.5, 0.6) is 0 Å². The Morgan fingerprint density at radius 2 is 2.50 bits per heavy atom. The fourth-order valence-corrected chi connectivity index (χ4v) is 0.904. The summed E-state index contributed by atoms with van der Waals surface area (Å²) < 4.78 is 7.20. The second-order valence-electron chi connectivity index (χ2n) is 1.66. The van der Waals surface area contributed by atoms with Crippen LogP contribution < -0.4 is 10.5 Å². The van der Waals surface area contributed by atoms with Crippen LogP contribution >= 0.6 is 11.9 Å². The summed E-state index contributed by atoms with van der Waals surface area (Å²) in [5.74, 6) is 0.830. The van der Waals surface area contributed by atoms with Crippen molar-refractivity contribution < 1.29 is 9.53 Å². The number of hydrogen-bond donors (Lipinski definition) is 2. The van der Waals surface area contributed by atoms with Crippen molar-refractivity contribution in [2.24, 2.45) is 5.73 Å². The quantitative estimate of drug-likeness (QED) is 0.455. The van der Waals surface area contributed by atoms with Gasteiger partial charge in [0.25, 0.3) is 0 Å². The molecule has 0 fully saturated rings. The smallest absolute Gasteiger partial charge is 0.322 e. The van der Waals surface area contributed by atoms with E-state index in [1.807, 2.05) is 0 Å². The summed E-state index contributed by atoms with van der Waals surface area (Å²) in [6.07, 6.45) is 0.918. The van der Waals surface area contributed by atoms with Crippen LogP contribution in [-0.2, 0) is 4.74 Å². The van der Waals surface area contributed by atoms with Crippen molar-refractivity contribution >= 4 is 18.0 Å². The van der Waals surface area contributed by atoms with Gasteiger partial charge >= 0.3 is 6.03 Å². The zero-order valence-corrected chi connectivity index (χ0v) is 6.74. The topological polar surface area (TPSA) is 64.3 Å². The maximum Gasteiger partial charge on any atom is 0.322 e. The molecule has 5 heteroatoms. The largest absolute Gasteiger partial charge is 0.385 e. The van der Waals surface area contributed by atoms with Gasteiger partial charge in [-0.1, -0.05) is 0 Å². The summed E-state index contributed by atoms with van der Waals surface area (Å²) in [5.41, 5.74) is 4.81. The lowest BCUT2D eigenvalue weighted by Crippen LogP contribution is -2.23. The number of methoxy groups -OCH3 is 1. The van der Waals surface area contributed by atoms with Crippen molar-refractivity contribution in [2.45, 2.75) is 6.42 Å². The molecule has 0 aromatic heterocycles. The van der Waals surface area contributed by atoms with Crippen LogP contribution in [0.3, 0.4) is 0 Å². The number of hydrogen-bond acceptors (Lipinski definition) is 3. The molecule has 0 atom stereocenters. The van der Waals surface area contributed by atoms with Gasteiger partial charge in [0, 0.05) is 19.5 Å². The Bertz CT molecular complexity index is 99.6. The Morgan fingerprint density at radius 1 is 1.80 bits per heavy atom. The van der Waals surface area contributed by atoms with Gasteiger partial charge in [-0.05, 0) is 18.4 Å². The first-order valence-electron chi connectivity index (χ1n) is 2.93. The van der Waals surface area contributed by atoms with Crippen LogP contribution in [0.4, 0.5) is 4.79 Å². The molecule has 0 spiro atoms. The summed E-state index contributed by atoms with van der Waals surface area (Å²) in [6, 6.07) is -0.498. The summed E-state index contributed by atoms with van der Waals surface area (Å²) in [4.78, 5) is 10.1. The van der Waals surface area contributed by atoms with Crippen molar-refractivity contribution in [3.8, 4) is 0 Å². The Hall–Kier alpha value is -0.420. The van der Waals surface area contributed by atoms with Gasteiger partial charge in [-0.25, -0.2) is 4.79 Å². The van der Waals surface area contributed by atoms with E-state index in [0.29, 0.717) is 6.61 Å². The molecule has 0 aliphatic rings. The van der Waals surface area contributed by atoms with E-state index >= 15 is 0 Å². The molecule has 0 unspecified atom stereocenters. The minimum Gasteiger partial charge on any atom is -0.385 e. The van der Waals surface area contributed by atoms with E-state index in [0.717, 1.165) is 12.2 Å². The average molecular weight is 164 g/mol. The molecule has 4 nitrogen and oxygen atoms in total. The van der Waals surface area contributed by atoms with Crippen molar-refractivity contribution in [3.63, 3.8) is 0 Å². The first kappa shape index (κ1) is 9.58. The number of urea groups is 1. The third-order valence-corrected chi connectivity index (χ3v) is 1.61. The standard InChI is InChI=1S/C5H12N2O2S/c1-9-3-2-4-10-7-5(6)8/h2-4H2,1H3,(H3,6,7,8). The monoisotopic (exact) mass is 164 g/mol. The summed E-state index contributed by atoms with van der Waals surface area (Å²) in [5, 5.41) is 0. The van der Waals surface area contributed by atoms with E-state index in [4.69, 9.17) is 10.5 Å². The first-order valence-corrected chi connectivity index (χ1v) is 3.92. The SMILES string of the molecule is COCCCSNC(N)=O. The molecule has 0 aromatic carbocycles. The van der Waals surface area contributed by atoms with Gasteiger partial charge in [0.2, 0.25) is 0 Å². The number of carbonyl (C=O) groups is 1. The van der Waals surface area contributed by atoms with E-state index in [9.17, 15) is 4.79 Å². The van der Waals surface area contributed by atoms with Crippen molar-refractivity contribution in [1.82, 2.24) is 4.72 Å². The second kappa shape index (κ2) is 6.70. The van der Waals surface area contributed by atoms with E-state index < -0.39 is 6.03 Å². The molecule has 0 heterocycles. The van der Waals surface area contributed by atoms with Gasteiger partial charge in [0.15, 0.2) is 0 Å². The number of ether oxygens (including phenoxy) is 1. The maximum atomic E-state index is 10.1. The first-order chi connectivity index (χ1) is 4.77. The van der Waals surface area contributed by atoms with Gasteiger partial charge < -0.3 is 10.5 Å². The lowest BCUT2D eigenvalue weighted by Gasteiger charge is -1.98. The molecule has 0 aromatic rings. The number of rotatable bonds is 5. The van der Waals surface area contributed by atoms with Gasteiger partial charge in [-0.15, -0.1) is 0 Å². The number of nitrogens with two attached hydrogens (primary N) is 1. The van der Waals surface area contributed by atoms with Crippen molar-refractivity contribution in [3.05, 3.63) is 0 Å². The molecule has 2 amide bonds. The van der Waals surface area contributed by atoms with Crippen LogP contribution in [0.25, 0.3) is 0 Å². The molecule has 0 aliphatic heterocycles. The number of primary amides is 1. The Balaban J connectivity index is 2.84. The van der Waals surface area contributed by atoms with E-state index in [1.165, 1.54) is 11.9 Å². The fourth-order valence-electron chi connectivity index (χ4n) is 0.398. The molecule has 10 heavy (non-hydrogen) atoms. The van der Waals surface area contributed by atoms with Crippen molar-refractivity contribution in [1.29, 1.82) is 0 Å². The van der Waals surface area contributed by atoms with Crippen LogP contribution in [0.1, 0.15) is 6.42 Å². The molecule has 0 saturated carbocycles. The lowest BCUT2D eigenvalue weighted by molar-refractivity contribution is 0.200. The highest BCUT2D eigenvalue weighted by Gasteiger charge is 1.90. The second-order valence-corrected chi connectivity index (χ2v) is 2.56. The molecule has 0 bridgehead atoms. The minimum atomic E-state index is -0.498. The number of nitrogens with one attached hydrogen (secondary N) is 1. The summed E-state index contributed by atoms with van der Waals surface area (Å²) in [7, 11) is 1.65. The van der Waals surface area contributed by atoms with Crippen LogP contribution in [-0.4, -0.2) is 25.5 Å². The van der Waals surface area contributed by atoms with Crippen LogP contribution in [0.2, 0.25) is 0 Å². The highest BCUT2D eigenvalue weighted by Crippen LogP contribution is 1.95. The lowest BCUT2D eigenvalue weighted by atomic mass is 10.5. The Morgan fingerprint density at radius 3 is 3.00 bits per heavy atom. The normalized spacial score (nSPS) is 9.30. The van der Waals surface area contributed by atoms with Gasteiger partial charge in [-0.3, -0.25) is 4.72 Å². The fraction of sp³-hybridized carbons (Fsp3) is 0.800. The van der Waals surface area contributed by atoms with Gasteiger partial charge in [0.05, 0.1) is 0 Å². The van der Waals surface area contributed by atoms with Crippen LogP contribution in [0.15, 0.2) is 0 Å². The summed E-state index contributed by atoms with van der Waals surface area (Å²) >= 11 is 1.30. The Kier molecular flexibility index (Phi) is 6.42. The third kappa shape index (κ3) is 7.58. The summed E-state index contributed by atoms with van der Waals surface area (Å²) in [6.45, 7) is 0.716. The minimum absolute atomic E-state index is 0.498. The molecule has 0 radical (unpaired) electrons.